The van der Waals surface area contributed by atoms with Crippen LogP contribution in [-0.2, 0) is 17.1 Å². The van der Waals surface area contributed by atoms with Gasteiger partial charge in [0, 0.05) is 0 Å². The maximum absolute atomic E-state index is 10.7. The van der Waals surface area contributed by atoms with Crippen LogP contribution in [0.2, 0.25) is 0 Å². The second kappa shape index (κ2) is 4.39. The summed E-state index contributed by atoms with van der Waals surface area (Å²) in [6.45, 7) is 0. The van der Waals surface area contributed by atoms with E-state index < -0.39 is 23.4 Å². The molecule has 0 aromatic rings. The number of halogens is 18. The third-order valence-corrected chi connectivity index (χ3v) is 0. The van der Waals surface area contributed by atoms with Gasteiger partial charge in [-0.05, 0) is 0 Å². The normalized spacial score (nSPS) is 22.1. The molecule has 0 unspecified atom stereocenters. The minimum Gasteiger partial charge on any atom is 3.00 e. The monoisotopic (exact) mass is 491 g/mol. The third kappa shape index (κ3) is 26000. The molecule has 0 saturated carbocycles. The summed E-state index contributed by atoms with van der Waals surface area (Å²) in [5, 5.41) is 0. The average molecular weight is 491 g/mol. The molecule has 0 aliphatic heterocycles. The summed E-state index contributed by atoms with van der Waals surface area (Å²) in [6, 6.07) is 0. The Bertz CT molecular complexity index is 265. The third-order valence-electron chi connectivity index (χ3n) is 0. The summed E-state index contributed by atoms with van der Waals surface area (Å²) in [4.78, 5) is 0. The largest absolute Gasteiger partial charge is 3.00 e. The van der Waals surface area contributed by atoms with Gasteiger partial charge in [-0.2, -0.15) is 0 Å². The van der Waals surface area contributed by atoms with Crippen molar-refractivity contribution in [3.63, 3.8) is 0 Å². The Morgan fingerprint density at radius 1 is 0.227 bits per heavy atom. The minimum absolute atomic E-state index is 0. The van der Waals surface area contributed by atoms with Crippen LogP contribution in [0.25, 0.3) is 0 Å². The van der Waals surface area contributed by atoms with Crippen molar-refractivity contribution in [1.82, 2.24) is 0 Å². The first-order chi connectivity index (χ1) is 7.35. The second-order valence-corrected chi connectivity index (χ2v) is 8.62. The van der Waals surface area contributed by atoms with Gasteiger partial charge >= 0.3 is 116 Å². The minimum atomic E-state index is -10.7. The van der Waals surface area contributed by atoms with Gasteiger partial charge in [-0.3, -0.25) is 0 Å². The van der Waals surface area contributed by atoms with Crippen LogP contribution in [0.4, 0.5) is 75.5 Å². The van der Waals surface area contributed by atoms with Gasteiger partial charge in [0.15, 0.2) is 0 Å². The molecule has 1 radical (unpaired) electrons. The van der Waals surface area contributed by atoms with Crippen molar-refractivity contribution < 1.29 is 92.6 Å². The molecule has 0 atom stereocenters. The molecule has 0 saturated heterocycles. The van der Waals surface area contributed by atoms with Crippen molar-refractivity contribution in [3.8, 4) is 0 Å². The Kier molecular flexibility index (Phi) is 6.07. The van der Waals surface area contributed by atoms with E-state index in [1.165, 1.54) is 0 Å². The van der Waals surface area contributed by atoms with E-state index in [9.17, 15) is 75.5 Å². The Balaban J connectivity index is -0.000000108. The van der Waals surface area contributed by atoms with Crippen LogP contribution < -0.4 is 0 Å². The number of rotatable bonds is 0. The summed E-state index contributed by atoms with van der Waals surface area (Å²) >= 11 is 0. The molecular weight excluding hydrogens is 491 g/mol. The summed E-state index contributed by atoms with van der Waals surface area (Å²) < 4.78 is 178. The van der Waals surface area contributed by atoms with E-state index >= 15 is 0 Å². The molecule has 0 amide bonds. The zero-order valence-electron chi connectivity index (χ0n) is 8.50. The maximum atomic E-state index is 9.87. The van der Waals surface area contributed by atoms with Crippen LogP contribution in [-0.4, -0.2) is 0 Å². The quantitative estimate of drug-likeness (QED) is 0.180. The van der Waals surface area contributed by atoms with E-state index in [0.29, 0.717) is 0 Å². The van der Waals surface area contributed by atoms with Crippen LogP contribution >= 0.6 is 23.4 Å². The Labute approximate surface area is 117 Å². The van der Waals surface area contributed by atoms with Crippen molar-refractivity contribution in [3.05, 3.63) is 0 Å². The molecule has 149 valence electrons. The zero-order chi connectivity index (χ0) is 19.2. The van der Waals surface area contributed by atoms with Crippen molar-refractivity contribution in [2.45, 2.75) is 0 Å². The molecule has 0 aromatic carbocycles. The van der Waals surface area contributed by atoms with Crippen LogP contribution in [0.15, 0.2) is 0 Å². The molecule has 0 spiro atoms. The van der Waals surface area contributed by atoms with Crippen molar-refractivity contribution in [2.24, 2.45) is 0 Å². The number of hydrogen-bond donors (Lipinski definition) is 0. The van der Waals surface area contributed by atoms with Gasteiger partial charge in [0.25, 0.3) is 0 Å². The van der Waals surface area contributed by atoms with Gasteiger partial charge in [-0.25, -0.2) is 0 Å². The molecule has 0 nitrogen and oxygen atoms in total. The van der Waals surface area contributed by atoms with E-state index in [1.807, 2.05) is 0 Å². The van der Waals surface area contributed by atoms with Gasteiger partial charge in [-0.1, -0.05) is 0 Å². The van der Waals surface area contributed by atoms with Crippen LogP contribution in [0.1, 0.15) is 0 Å². The smallest absolute Gasteiger partial charge is 3.00 e. The predicted octanol–water partition coefficient (Wildman–Crippen LogP) is 10.1. The fourth-order valence-corrected chi connectivity index (χ4v) is 0. The first-order valence-corrected chi connectivity index (χ1v) is 9.13. The van der Waals surface area contributed by atoms with Gasteiger partial charge in [0.2, 0.25) is 0 Å². The van der Waals surface area contributed by atoms with E-state index in [4.69, 9.17) is 0 Å². The molecule has 0 N–H and O–H groups in total. The van der Waals surface area contributed by atoms with Crippen molar-refractivity contribution in [1.29, 1.82) is 0 Å². The van der Waals surface area contributed by atoms with Crippen LogP contribution in [0.5, 0.6) is 0 Å². The fraction of sp³-hybridized carbons (Fsp3) is 0. The Hall–Kier alpha value is 0.549. The zero-order valence-corrected chi connectivity index (χ0v) is 12.3. The molecule has 0 bridgehead atoms. The molecule has 0 aromatic heterocycles. The van der Waals surface area contributed by atoms with E-state index in [1.54, 1.807) is 0 Å². The molecule has 0 aliphatic rings. The molecular formula is F18FeP3. The SMILES string of the molecule is F[P-](F)(F)(F)(F)F.F[P-](F)(F)(F)(F)F.F[P-](F)(F)(F)(F)F.[Fe+3]. The number of hydrogen-bond acceptors (Lipinski definition) is 0. The van der Waals surface area contributed by atoms with Crippen molar-refractivity contribution >= 4 is 23.4 Å². The molecule has 0 rings (SSSR count). The molecule has 0 aliphatic carbocycles. The fourth-order valence-electron chi connectivity index (χ4n) is 0. The van der Waals surface area contributed by atoms with Gasteiger partial charge in [0.05, 0.1) is 0 Å². The molecule has 0 fully saturated rings. The topological polar surface area (TPSA) is 0 Å². The van der Waals surface area contributed by atoms with Crippen LogP contribution in [0, 0.1) is 0 Å². The summed E-state index contributed by atoms with van der Waals surface area (Å²) in [5.74, 6) is 0. The van der Waals surface area contributed by atoms with Crippen LogP contribution in [0.3, 0.4) is 0 Å². The van der Waals surface area contributed by atoms with Gasteiger partial charge in [-0.15, -0.1) is 0 Å². The molecule has 22 heavy (non-hydrogen) atoms. The summed E-state index contributed by atoms with van der Waals surface area (Å²) in [5.41, 5.74) is 0. The summed E-state index contributed by atoms with van der Waals surface area (Å²) in [6.07, 6.45) is 0. The predicted molar refractivity (Wildman–Crippen MR) is 40.7 cm³/mol. The Morgan fingerprint density at radius 3 is 0.227 bits per heavy atom. The molecule has 0 heterocycles. The second-order valence-electron chi connectivity index (χ2n) is 2.87. The van der Waals surface area contributed by atoms with E-state index in [0.717, 1.165) is 0 Å². The average Bonchev–Trinajstić information content (AvgIpc) is 1.19. The van der Waals surface area contributed by atoms with E-state index in [-0.39, 0.29) is 17.1 Å². The Morgan fingerprint density at radius 2 is 0.227 bits per heavy atom. The van der Waals surface area contributed by atoms with Gasteiger partial charge < -0.3 is 0 Å². The van der Waals surface area contributed by atoms with Gasteiger partial charge in [0.1, 0.15) is 0 Å². The molecule has 22 heteroatoms. The first-order valence-electron chi connectivity index (χ1n) is 3.04. The first kappa shape index (κ1) is 30.4. The van der Waals surface area contributed by atoms with Crippen molar-refractivity contribution in [2.75, 3.05) is 0 Å². The summed E-state index contributed by atoms with van der Waals surface area (Å²) in [7, 11) is -32.0. The standard InChI is InChI=1S/3F6P.Fe/c3*1-7(2,3,4,5)6;/q3*-1;+3. The van der Waals surface area contributed by atoms with E-state index in [2.05, 4.69) is 0 Å². The maximum Gasteiger partial charge on any atom is 3.00 e.